The van der Waals surface area contributed by atoms with Gasteiger partial charge in [-0.1, -0.05) is 18.2 Å². The minimum absolute atomic E-state index is 0.149. The first-order valence-corrected chi connectivity index (χ1v) is 12.6. The summed E-state index contributed by atoms with van der Waals surface area (Å²) in [5.41, 5.74) is 0.132. The van der Waals surface area contributed by atoms with Crippen molar-refractivity contribution in [1.82, 2.24) is 9.62 Å². The van der Waals surface area contributed by atoms with Crippen molar-refractivity contribution in [1.29, 1.82) is 5.26 Å². The van der Waals surface area contributed by atoms with Gasteiger partial charge in [0.05, 0.1) is 17.7 Å². The molecule has 3 rings (SSSR count). The van der Waals surface area contributed by atoms with Gasteiger partial charge in [0.1, 0.15) is 9.75 Å². The van der Waals surface area contributed by atoms with Crippen LogP contribution in [-0.4, -0.2) is 55.6 Å². The molecule has 1 atom stereocenters. The van der Waals surface area contributed by atoms with E-state index in [1.807, 2.05) is 24.3 Å². The quantitative estimate of drug-likeness (QED) is 0.657. The Morgan fingerprint density at radius 3 is 2.42 bits per heavy atom. The van der Waals surface area contributed by atoms with Crippen LogP contribution in [0, 0.1) is 11.3 Å². The van der Waals surface area contributed by atoms with Gasteiger partial charge in [0, 0.05) is 31.9 Å². The van der Waals surface area contributed by atoms with E-state index in [4.69, 9.17) is 0 Å². The molecule has 1 aromatic heterocycles. The first kappa shape index (κ1) is 23.7. The van der Waals surface area contributed by atoms with E-state index in [0.717, 1.165) is 11.3 Å². The largest absolute Gasteiger partial charge is 0.386 e. The van der Waals surface area contributed by atoms with Crippen LogP contribution in [0.25, 0.3) is 0 Å². The van der Waals surface area contributed by atoms with E-state index in [1.54, 1.807) is 45.2 Å². The van der Waals surface area contributed by atoms with Gasteiger partial charge in [-0.2, -0.15) is 9.57 Å². The van der Waals surface area contributed by atoms with Gasteiger partial charge < -0.3 is 10.0 Å². The Bertz CT molecular complexity index is 1020. The molecule has 2 N–H and O–H groups in total. The summed E-state index contributed by atoms with van der Waals surface area (Å²) >= 11 is 1.22. The molecule has 9 heteroatoms. The highest BCUT2D eigenvalue weighted by molar-refractivity contribution is 7.91. The number of benzene rings is 1. The lowest BCUT2D eigenvalue weighted by Crippen LogP contribution is -2.59. The second kappa shape index (κ2) is 8.88. The third kappa shape index (κ3) is 5.45. The molecule has 1 fully saturated rings. The Morgan fingerprint density at radius 1 is 1.19 bits per heavy atom. The summed E-state index contributed by atoms with van der Waals surface area (Å²) in [5.74, 6) is 0. The number of piperazine rings is 1. The van der Waals surface area contributed by atoms with E-state index in [2.05, 4.69) is 16.3 Å². The number of sulfonamides is 1. The molecule has 168 valence electrons. The molecular weight excluding hydrogens is 432 g/mol. The number of thiophene rings is 1. The number of nitriles is 1. The van der Waals surface area contributed by atoms with Crippen LogP contribution in [0.1, 0.15) is 33.3 Å². The monoisotopic (exact) mass is 462 g/mol. The minimum Gasteiger partial charge on any atom is -0.386 e. The maximum absolute atomic E-state index is 13.1. The number of nitrogens with zero attached hydrogens (tertiary/aromatic N) is 3. The smallest absolute Gasteiger partial charge is 0.252 e. The van der Waals surface area contributed by atoms with Crippen molar-refractivity contribution in [2.24, 2.45) is 0 Å². The van der Waals surface area contributed by atoms with Crippen LogP contribution in [0.3, 0.4) is 0 Å². The Hall–Kier alpha value is -1.96. The summed E-state index contributed by atoms with van der Waals surface area (Å²) in [6.07, 6.45) is 0. The number of anilines is 1. The van der Waals surface area contributed by atoms with Crippen molar-refractivity contribution in [3.8, 4) is 6.07 Å². The van der Waals surface area contributed by atoms with Gasteiger partial charge in [-0.05, 0) is 56.8 Å². The number of aliphatic hydroxyl groups is 1. The first-order valence-electron chi connectivity index (χ1n) is 10.2. The molecule has 0 radical (unpaired) electrons. The van der Waals surface area contributed by atoms with E-state index in [9.17, 15) is 18.8 Å². The molecule has 31 heavy (non-hydrogen) atoms. The lowest BCUT2D eigenvalue weighted by Gasteiger charge is -2.43. The molecule has 1 aliphatic heterocycles. The fourth-order valence-corrected chi connectivity index (χ4v) is 6.18. The predicted octanol–water partition coefficient (Wildman–Crippen LogP) is 2.75. The SMILES string of the molecule is CC(C)(C#N)NC[C@H]1CN(S(=O)(=O)c2cccs2)CCN1c1ccc(C(C)(C)O)cc1. The van der Waals surface area contributed by atoms with Gasteiger partial charge in [0.2, 0.25) is 0 Å². The minimum atomic E-state index is -3.54. The molecule has 0 aliphatic carbocycles. The normalized spacial score (nSPS) is 18.7. The average molecular weight is 463 g/mol. The van der Waals surface area contributed by atoms with Gasteiger partial charge in [-0.25, -0.2) is 8.42 Å². The van der Waals surface area contributed by atoms with Crippen molar-refractivity contribution in [3.05, 3.63) is 47.3 Å². The predicted molar refractivity (Wildman–Crippen MR) is 124 cm³/mol. The summed E-state index contributed by atoms with van der Waals surface area (Å²) in [7, 11) is -3.54. The zero-order valence-corrected chi connectivity index (χ0v) is 20.0. The van der Waals surface area contributed by atoms with Crippen molar-refractivity contribution >= 4 is 27.0 Å². The summed E-state index contributed by atoms with van der Waals surface area (Å²) in [6, 6.07) is 13.2. The van der Waals surface area contributed by atoms with E-state index >= 15 is 0 Å². The third-order valence-corrected chi connectivity index (χ3v) is 8.74. The van der Waals surface area contributed by atoms with E-state index < -0.39 is 21.2 Å². The average Bonchev–Trinajstić information content (AvgIpc) is 3.27. The fourth-order valence-electron chi connectivity index (χ4n) is 3.57. The lowest BCUT2D eigenvalue weighted by molar-refractivity contribution is 0.0786. The van der Waals surface area contributed by atoms with Crippen LogP contribution < -0.4 is 10.2 Å². The van der Waals surface area contributed by atoms with E-state index in [-0.39, 0.29) is 6.04 Å². The molecule has 7 nitrogen and oxygen atoms in total. The molecule has 0 unspecified atom stereocenters. The van der Waals surface area contributed by atoms with Crippen LogP contribution in [0.5, 0.6) is 0 Å². The second-order valence-electron chi connectivity index (χ2n) is 8.87. The molecule has 2 heterocycles. The van der Waals surface area contributed by atoms with Crippen LogP contribution >= 0.6 is 11.3 Å². The Kier molecular flexibility index (Phi) is 6.79. The van der Waals surface area contributed by atoms with Crippen LogP contribution in [0.4, 0.5) is 5.69 Å². The van der Waals surface area contributed by atoms with Crippen molar-refractivity contribution in [3.63, 3.8) is 0 Å². The molecule has 2 aromatic rings. The van der Waals surface area contributed by atoms with E-state index in [1.165, 1.54) is 15.6 Å². The highest BCUT2D eigenvalue weighted by Gasteiger charge is 2.35. The van der Waals surface area contributed by atoms with Gasteiger partial charge in [0.15, 0.2) is 0 Å². The lowest BCUT2D eigenvalue weighted by atomic mass is 9.98. The first-order chi connectivity index (χ1) is 14.4. The molecule has 1 saturated heterocycles. The third-order valence-electron chi connectivity index (χ3n) is 5.50. The van der Waals surface area contributed by atoms with Crippen LogP contribution in [0.15, 0.2) is 46.0 Å². The van der Waals surface area contributed by atoms with Crippen LogP contribution in [0.2, 0.25) is 0 Å². The molecule has 0 amide bonds. The number of nitrogens with one attached hydrogen (secondary N) is 1. The second-order valence-corrected chi connectivity index (χ2v) is 12.0. The zero-order valence-electron chi connectivity index (χ0n) is 18.4. The van der Waals surface area contributed by atoms with E-state index in [0.29, 0.717) is 30.4 Å². The zero-order chi connectivity index (χ0) is 22.9. The maximum atomic E-state index is 13.1. The Morgan fingerprint density at radius 2 is 1.87 bits per heavy atom. The van der Waals surface area contributed by atoms with Crippen molar-refractivity contribution in [2.45, 2.75) is 49.1 Å². The van der Waals surface area contributed by atoms with Gasteiger partial charge in [-0.15, -0.1) is 11.3 Å². The highest BCUT2D eigenvalue weighted by Crippen LogP contribution is 2.28. The molecule has 1 aliphatic rings. The fraction of sp³-hybridized carbons (Fsp3) is 0.500. The summed E-state index contributed by atoms with van der Waals surface area (Å²) in [5, 5.41) is 24.6. The van der Waals surface area contributed by atoms with Crippen LogP contribution in [-0.2, 0) is 15.6 Å². The number of hydrogen-bond acceptors (Lipinski definition) is 7. The van der Waals surface area contributed by atoms with Crippen molar-refractivity contribution < 1.29 is 13.5 Å². The summed E-state index contributed by atoms with van der Waals surface area (Å²) in [6.45, 7) is 8.79. The molecule has 0 bridgehead atoms. The molecule has 0 saturated carbocycles. The highest BCUT2D eigenvalue weighted by atomic mass is 32.2. The maximum Gasteiger partial charge on any atom is 0.252 e. The van der Waals surface area contributed by atoms with Gasteiger partial charge >= 0.3 is 0 Å². The Balaban J connectivity index is 1.86. The molecule has 1 aromatic carbocycles. The topological polar surface area (TPSA) is 96.7 Å². The summed E-state index contributed by atoms with van der Waals surface area (Å²) in [4.78, 5) is 2.18. The van der Waals surface area contributed by atoms with Gasteiger partial charge in [-0.3, -0.25) is 5.32 Å². The van der Waals surface area contributed by atoms with Crippen molar-refractivity contribution in [2.75, 3.05) is 31.1 Å². The molecule has 0 spiro atoms. The van der Waals surface area contributed by atoms with Gasteiger partial charge in [0.25, 0.3) is 10.0 Å². The standard InChI is InChI=1S/C22H30N4O3S2/c1-21(2,16-23)24-14-19-15-25(31(28,29)20-6-5-13-30-20)11-12-26(19)18-9-7-17(8-10-18)22(3,4)27/h5-10,13,19,24,27H,11-12,14-15H2,1-4H3/t19-/m0/s1. The summed E-state index contributed by atoms with van der Waals surface area (Å²) < 4.78 is 28.0. The molecular formula is C22H30N4O3S2. The number of hydrogen-bond donors (Lipinski definition) is 2. The number of rotatable bonds is 7. The Labute approximate surface area is 189 Å².